The smallest absolute Gasteiger partial charge is 0.277 e. The van der Waals surface area contributed by atoms with Gasteiger partial charge in [-0.25, -0.2) is 0 Å². The summed E-state index contributed by atoms with van der Waals surface area (Å²) in [4.78, 5) is 28.1. The Kier molecular flexibility index (Phi) is 15.3. The summed E-state index contributed by atoms with van der Waals surface area (Å²) in [6.07, 6.45) is 12.9. The third-order valence-electron chi connectivity index (χ3n) is 7.97. The molecule has 9 heteroatoms. The highest BCUT2D eigenvalue weighted by atomic mass is 79.9. The van der Waals surface area contributed by atoms with Gasteiger partial charge in [-0.3, -0.25) is 9.59 Å². The number of likely N-dealkylation sites (N-methyl/N-ethyl adjacent to an activating group) is 1. The maximum atomic E-state index is 13.1. The number of nitrogens with zero attached hydrogens (tertiary/aromatic N) is 2. The van der Waals surface area contributed by atoms with Gasteiger partial charge in [-0.05, 0) is 75.5 Å². The van der Waals surface area contributed by atoms with Crippen molar-refractivity contribution in [3.8, 4) is 23.0 Å². The molecule has 2 aromatic carbocycles. The molecule has 0 atom stereocenters. The first-order chi connectivity index (χ1) is 21.4. The van der Waals surface area contributed by atoms with E-state index in [1.54, 1.807) is 18.2 Å². The molecule has 1 heterocycles. The SMILES string of the molecule is CCCCN(CCCC)C(=O)C[N+](C)(C)CCCCOc1ccc(/C=C/C(=O)c2c(OC)cc3c(c2O)C=CC(C)(C)O3)cc1.[Br-]. The number of amides is 1. The van der Waals surface area contributed by atoms with Crippen LogP contribution in [0, 0.1) is 0 Å². The number of methoxy groups -OCH3 is 1. The number of aromatic hydroxyl groups is 1. The fourth-order valence-corrected chi connectivity index (χ4v) is 5.25. The minimum Gasteiger partial charge on any atom is -1.00 e. The molecule has 1 amide bonds. The molecular formula is C37H53BrN2O6. The fraction of sp³-hybridized carbons (Fsp3) is 0.514. The average Bonchev–Trinajstić information content (AvgIpc) is 2.99. The number of ketones is 1. The van der Waals surface area contributed by atoms with E-state index in [-0.39, 0.29) is 45.7 Å². The Morgan fingerprint density at radius 2 is 1.67 bits per heavy atom. The summed E-state index contributed by atoms with van der Waals surface area (Å²) in [5.74, 6) is 1.20. The number of allylic oxidation sites excluding steroid dienone is 1. The third kappa shape index (κ3) is 11.5. The van der Waals surface area contributed by atoms with Crippen LogP contribution in [0.2, 0.25) is 0 Å². The van der Waals surface area contributed by atoms with E-state index in [1.807, 2.05) is 49.1 Å². The second-order valence-electron chi connectivity index (χ2n) is 13.0. The molecule has 8 nitrogen and oxygen atoms in total. The number of rotatable bonds is 18. The van der Waals surface area contributed by atoms with Gasteiger partial charge in [0.15, 0.2) is 12.3 Å². The summed E-state index contributed by atoms with van der Waals surface area (Å²) in [7, 11) is 5.72. The van der Waals surface area contributed by atoms with Gasteiger partial charge in [0, 0.05) is 19.2 Å². The van der Waals surface area contributed by atoms with Gasteiger partial charge in [0.05, 0.1) is 39.9 Å². The number of ether oxygens (including phenoxy) is 3. The number of quaternary nitrogens is 1. The molecular weight excluding hydrogens is 648 g/mol. The lowest BCUT2D eigenvalue weighted by atomic mass is 9.97. The highest BCUT2D eigenvalue weighted by Crippen LogP contribution is 2.43. The number of fused-ring (bicyclic) bond motifs is 1. The van der Waals surface area contributed by atoms with E-state index >= 15 is 0 Å². The first-order valence-electron chi connectivity index (χ1n) is 16.3. The summed E-state index contributed by atoms with van der Waals surface area (Å²) in [5, 5.41) is 10.9. The lowest BCUT2D eigenvalue weighted by Gasteiger charge is -2.32. The van der Waals surface area contributed by atoms with E-state index in [1.165, 1.54) is 13.2 Å². The highest BCUT2D eigenvalue weighted by molar-refractivity contribution is 6.11. The molecule has 0 aliphatic carbocycles. The van der Waals surface area contributed by atoms with Crippen LogP contribution in [0.5, 0.6) is 23.0 Å². The Bertz CT molecular complexity index is 1340. The Labute approximate surface area is 286 Å². The van der Waals surface area contributed by atoms with Crippen molar-refractivity contribution < 1.29 is 50.4 Å². The van der Waals surface area contributed by atoms with Crippen molar-refractivity contribution in [2.45, 2.75) is 71.8 Å². The number of benzene rings is 2. The van der Waals surface area contributed by atoms with Crippen molar-refractivity contribution in [3.63, 3.8) is 0 Å². The van der Waals surface area contributed by atoms with Crippen LogP contribution in [-0.4, -0.2) is 85.8 Å². The molecule has 1 N–H and O–H groups in total. The van der Waals surface area contributed by atoms with Crippen molar-refractivity contribution in [1.29, 1.82) is 0 Å². The van der Waals surface area contributed by atoms with E-state index in [4.69, 9.17) is 14.2 Å². The minimum atomic E-state index is -0.520. The zero-order valence-electron chi connectivity index (χ0n) is 28.7. The maximum absolute atomic E-state index is 13.1. The van der Waals surface area contributed by atoms with Gasteiger partial charge in [-0.15, -0.1) is 0 Å². The molecule has 0 aromatic heterocycles. The topological polar surface area (TPSA) is 85.3 Å². The van der Waals surface area contributed by atoms with Crippen molar-refractivity contribution in [2.24, 2.45) is 0 Å². The molecule has 1 aliphatic rings. The molecule has 0 fully saturated rings. The standard InChI is InChI=1S/C37H52N2O6.BrH/c1-8-10-22-38(23-11-9-2)34(41)27-39(5,6)24-12-13-25-44-29-17-14-28(15-18-29)16-19-31(40)35-33(43-7)26-32-30(36(35)42)20-21-37(3,4)45-32;/h14-21,26H,8-13,22-25,27H2,1-7H3;1H/b19-16+;. The largest absolute Gasteiger partial charge is 1.00 e. The van der Waals surface area contributed by atoms with Gasteiger partial charge in [0.25, 0.3) is 5.91 Å². The second-order valence-corrected chi connectivity index (χ2v) is 13.0. The molecule has 254 valence electrons. The lowest BCUT2D eigenvalue weighted by molar-refractivity contribution is -0.883. The number of carbonyl (C=O) groups excluding carboxylic acids is 2. The summed E-state index contributed by atoms with van der Waals surface area (Å²) < 4.78 is 18.0. The molecule has 1 aliphatic heterocycles. The van der Waals surface area contributed by atoms with Crippen LogP contribution in [0.1, 0.15) is 87.7 Å². The first kappa shape index (κ1) is 38.9. The van der Waals surface area contributed by atoms with Crippen molar-refractivity contribution in [3.05, 3.63) is 59.2 Å². The van der Waals surface area contributed by atoms with Crippen LogP contribution < -0.4 is 31.2 Å². The third-order valence-corrected chi connectivity index (χ3v) is 7.97. The summed E-state index contributed by atoms with van der Waals surface area (Å²) >= 11 is 0. The van der Waals surface area contributed by atoms with Crippen LogP contribution in [0.25, 0.3) is 12.2 Å². The van der Waals surface area contributed by atoms with Crippen LogP contribution in [0.3, 0.4) is 0 Å². The number of phenolic OH excluding ortho intramolecular Hbond substituents is 1. The maximum Gasteiger partial charge on any atom is 0.277 e. The number of halogens is 1. The summed E-state index contributed by atoms with van der Waals surface area (Å²) in [6.45, 7) is 11.9. The summed E-state index contributed by atoms with van der Waals surface area (Å²) in [6, 6.07) is 9.17. The van der Waals surface area contributed by atoms with Crippen molar-refractivity contribution in [1.82, 2.24) is 4.90 Å². The van der Waals surface area contributed by atoms with Gasteiger partial charge >= 0.3 is 0 Å². The quantitative estimate of drug-likeness (QED) is 0.109. The minimum absolute atomic E-state index is 0. The van der Waals surface area contributed by atoms with E-state index < -0.39 is 5.60 Å². The molecule has 0 spiro atoms. The highest BCUT2D eigenvalue weighted by Gasteiger charge is 2.28. The zero-order chi connectivity index (χ0) is 33.0. The van der Waals surface area contributed by atoms with E-state index in [2.05, 4.69) is 27.9 Å². The molecule has 0 radical (unpaired) electrons. The van der Waals surface area contributed by atoms with Crippen molar-refractivity contribution >= 4 is 23.8 Å². The molecule has 3 rings (SSSR count). The van der Waals surface area contributed by atoms with Crippen molar-refractivity contribution in [2.75, 3.05) is 54.0 Å². The normalized spacial score (nSPS) is 13.5. The Balaban J connectivity index is 0.00000736. The zero-order valence-corrected chi connectivity index (χ0v) is 30.3. The Morgan fingerprint density at radius 3 is 2.28 bits per heavy atom. The van der Waals surface area contributed by atoms with Gasteiger partial charge in [-0.1, -0.05) is 44.9 Å². The number of unbranched alkanes of at least 4 members (excludes halogenated alkanes) is 3. The van der Waals surface area contributed by atoms with Crippen LogP contribution in [-0.2, 0) is 4.79 Å². The van der Waals surface area contributed by atoms with Crippen LogP contribution in [0.4, 0.5) is 0 Å². The number of phenols is 1. The van der Waals surface area contributed by atoms with Gasteiger partial charge in [-0.2, -0.15) is 0 Å². The van der Waals surface area contributed by atoms with E-state index in [9.17, 15) is 14.7 Å². The van der Waals surface area contributed by atoms with E-state index in [0.717, 1.165) is 69.5 Å². The molecule has 46 heavy (non-hydrogen) atoms. The fourth-order valence-electron chi connectivity index (χ4n) is 5.25. The average molecular weight is 702 g/mol. The molecule has 0 bridgehead atoms. The predicted octanol–water partition coefficient (Wildman–Crippen LogP) is 4.15. The van der Waals surface area contributed by atoms with Gasteiger partial charge in [0.1, 0.15) is 34.2 Å². The molecule has 2 aromatic rings. The second kappa shape index (κ2) is 18.1. The number of hydrogen-bond donors (Lipinski definition) is 1. The first-order valence-corrected chi connectivity index (χ1v) is 16.3. The Morgan fingerprint density at radius 1 is 1.02 bits per heavy atom. The monoisotopic (exact) mass is 700 g/mol. The molecule has 0 saturated carbocycles. The Hall–Kier alpha value is -3.30. The van der Waals surface area contributed by atoms with Crippen LogP contribution >= 0.6 is 0 Å². The molecule has 0 unspecified atom stereocenters. The van der Waals surface area contributed by atoms with Gasteiger partial charge < -0.3 is 45.7 Å². The summed E-state index contributed by atoms with van der Waals surface area (Å²) in [5.41, 5.74) is 0.860. The molecule has 0 saturated heterocycles. The lowest BCUT2D eigenvalue weighted by Crippen LogP contribution is -3.00. The number of carbonyl (C=O) groups is 2. The van der Waals surface area contributed by atoms with Crippen LogP contribution in [0.15, 0.2) is 42.5 Å². The van der Waals surface area contributed by atoms with E-state index in [0.29, 0.717) is 28.9 Å². The van der Waals surface area contributed by atoms with Gasteiger partial charge in [0.2, 0.25) is 0 Å². The number of hydrogen-bond acceptors (Lipinski definition) is 6. The predicted molar refractivity (Wildman–Crippen MR) is 181 cm³/mol.